The van der Waals surface area contributed by atoms with E-state index in [-0.39, 0.29) is 18.3 Å². The summed E-state index contributed by atoms with van der Waals surface area (Å²) in [5.74, 6) is 0.709. The van der Waals surface area contributed by atoms with Crippen molar-refractivity contribution in [2.75, 3.05) is 6.61 Å². The standard InChI is InChI=1S/C33H31FN4O2S/c1-24-12-18-29(19-13-24)38-32(36-37-33(38)41-23-27-14-16-28(34)17-15-27)30(20-25-8-4-2-5-9-25)35-31(39)22-40-21-26-10-6-3-7-11-26/h2-19,30H,20-23H2,1H3,(H,35,39). The number of amides is 1. The van der Waals surface area contributed by atoms with Crippen LogP contribution >= 0.6 is 11.8 Å². The van der Waals surface area contributed by atoms with Crippen molar-refractivity contribution in [1.82, 2.24) is 20.1 Å². The largest absolute Gasteiger partial charge is 0.367 e. The zero-order valence-corrected chi connectivity index (χ0v) is 23.6. The molecule has 0 radical (unpaired) electrons. The van der Waals surface area contributed by atoms with Gasteiger partial charge in [-0.1, -0.05) is 102 Å². The van der Waals surface area contributed by atoms with Gasteiger partial charge in [-0.2, -0.15) is 0 Å². The first-order chi connectivity index (χ1) is 20.0. The zero-order chi connectivity index (χ0) is 28.4. The van der Waals surface area contributed by atoms with Crippen molar-refractivity contribution in [2.45, 2.75) is 36.9 Å². The minimum absolute atomic E-state index is 0.0783. The molecule has 0 saturated carbocycles. The third-order valence-corrected chi connectivity index (χ3v) is 7.51. The van der Waals surface area contributed by atoms with Crippen LogP contribution in [0.1, 0.15) is 34.1 Å². The van der Waals surface area contributed by atoms with Crippen LogP contribution < -0.4 is 5.32 Å². The van der Waals surface area contributed by atoms with E-state index in [9.17, 15) is 9.18 Å². The molecule has 1 N–H and O–H groups in total. The van der Waals surface area contributed by atoms with Gasteiger partial charge < -0.3 is 10.1 Å². The molecule has 0 aliphatic rings. The number of aryl methyl sites for hydroxylation is 1. The fourth-order valence-corrected chi connectivity index (χ4v) is 5.31. The molecule has 208 valence electrons. The van der Waals surface area contributed by atoms with Crippen LogP contribution in [0.4, 0.5) is 4.39 Å². The highest BCUT2D eigenvalue weighted by Crippen LogP contribution is 2.29. The molecule has 8 heteroatoms. The van der Waals surface area contributed by atoms with Gasteiger partial charge in [0.2, 0.25) is 5.91 Å². The van der Waals surface area contributed by atoms with Gasteiger partial charge in [0.1, 0.15) is 12.4 Å². The molecule has 5 aromatic rings. The van der Waals surface area contributed by atoms with Crippen molar-refractivity contribution in [3.8, 4) is 5.69 Å². The van der Waals surface area contributed by atoms with Crippen LogP contribution in [0, 0.1) is 12.7 Å². The molecule has 6 nitrogen and oxygen atoms in total. The number of thioether (sulfide) groups is 1. The molecule has 4 aromatic carbocycles. The topological polar surface area (TPSA) is 69.0 Å². The Bertz CT molecular complexity index is 1540. The first-order valence-corrected chi connectivity index (χ1v) is 14.4. The van der Waals surface area contributed by atoms with Gasteiger partial charge in [0, 0.05) is 11.4 Å². The molecule has 0 spiro atoms. The van der Waals surface area contributed by atoms with E-state index in [0.29, 0.717) is 29.8 Å². The minimum Gasteiger partial charge on any atom is -0.367 e. The van der Waals surface area contributed by atoms with Crippen LogP contribution in [0.3, 0.4) is 0 Å². The number of carbonyl (C=O) groups excluding carboxylic acids is 1. The molecule has 1 amide bonds. The highest BCUT2D eigenvalue weighted by molar-refractivity contribution is 7.98. The number of benzene rings is 4. The number of hydrogen-bond acceptors (Lipinski definition) is 5. The van der Waals surface area contributed by atoms with Crippen molar-refractivity contribution in [2.24, 2.45) is 0 Å². The van der Waals surface area contributed by atoms with Gasteiger partial charge in [-0.05, 0) is 54.3 Å². The highest BCUT2D eigenvalue weighted by atomic mass is 32.2. The molecular formula is C33H31FN4O2S. The van der Waals surface area contributed by atoms with Gasteiger partial charge in [0.15, 0.2) is 11.0 Å². The van der Waals surface area contributed by atoms with Crippen LogP contribution in [0.2, 0.25) is 0 Å². The summed E-state index contributed by atoms with van der Waals surface area (Å²) < 4.78 is 21.1. The van der Waals surface area contributed by atoms with E-state index in [1.165, 1.54) is 23.9 Å². The van der Waals surface area contributed by atoms with Gasteiger partial charge >= 0.3 is 0 Å². The van der Waals surface area contributed by atoms with Gasteiger partial charge in [0.25, 0.3) is 0 Å². The summed E-state index contributed by atoms with van der Waals surface area (Å²) in [6.45, 7) is 2.31. The lowest BCUT2D eigenvalue weighted by Gasteiger charge is -2.20. The van der Waals surface area contributed by atoms with Crippen molar-refractivity contribution in [3.05, 3.63) is 143 Å². The van der Waals surface area contributed by atoms with Crippen LogP contribution in [0.15, 0.2) is 114 Å². The Kier molecular flexibility index (Phi) is 9.57. The Hall–Kier alpha value is -4.27. The van der Waals surface area contributed by atoms with E-state index in [1.54, 1.807) is 12.1 Å². The SMILES string of the molecule is Cc1ccc(-n2c(SCc3ccc(F)cc3)nnc2C(Cc2ccccc2)NC(=O)COCc2ccccc2)cc1. The Morgan fingerprint density at radius 1 is 0.854 bits per heavy atom. The Morgan fingerprint density at radius 3 is 2.20 bits per heavy atom. The van der Waals surface area contributed by atoms with Crippen molar-refractivity contribution in [3.63, 3.8) is 0 Å². The molecule has 41 heavy (non-hydrogen) atoms. The Labute approximate surface area is 243 Å². The zero-order valence-electron chi connectivity index (χ0n) is 22.7. The summed E-state index contributed by atoms with van der Waals surface area (Å²) in [6, 6.07) is 33.8. The molecule has 1 aromatic heterocycles. The van der Waals surface area contributed by atoms with E-state index < -0.39 is 6.04 Å². The number of carbonyl (C=O) groups is 1. The van der Waals surface area contributed by atoms with Gasteiger partial charge in [0.05, 0.1) is 12.6 Å². The van der Waals surface area contributed by atoms with Crippen molar-refractivity contribution >= 4 is 17.7 Å². The van der Waals surface area contributed by atoms with Crippen LogP contribution in [-0.2, 0) is 28.3 Å². The maximum absolute atomic E-state index is 13.4. The molecule has 0 saturated heterocycles. The molecule has 1 unspecified atom stereocenters. The molecule has 0 bridgehead atoms. The third-order valence-electron chi connectivity index (χ3n) is 6.51. The monoisotopic (exact) mass is 566 g/mol. The second-order valence-electron chi connectivity index (χ2n) is 9.72. The first-order valence-electron chi connectivity index (χ1n) is 13.4. The average molecular weight is 567 g/mol. The van der Waals surface area contributed by atoms with Crippen molar-refractivity contribution in [1.29, 1.82) is 0 Å². The van der Waals surface area contributed by atoms with E-state index in [2.05, 4.69) is 15.5 Å². The average Bonchev–Trinajstić information content (AvgIpc) is 3.42. The van der Waals surface area contributed by atoms with Crippen LogP contribution in [-0.4, -0.2) is 27.3 Å². The Morgan fingerprint density at radius 2 is 1.51 bits per heavy atom. The number of rotatable bonds is 12. The lowest BCUT2D eigenvalue weighted by Crippen LogP contribution is -2.34. The van der Waals surface area contributed by atoms with E-state index in [1.807, 2.05) is 96.4 Å². The lowest BCUT2D eigenvalue weighted by molar-refractivity contribution is -0.126. The number of nitrogens with one attached hydrogen (secondary N) is 1. The van der Waals surface area contributed by atoms with E-state index >= 15 is 0 Å². The van der Waals surface area contributed by atoms with Gasteiger partial charge in [-0.15, -0.1) is 10.2 Å². The van der Waals surface area contributed by atoms with E-state index in [0.717, 1.165) is 27.9 Å². The first kappa shape index (κ1) is 28.3. The maximum atomic E-state index is 13.4. The summed E-state index contributed by atoms with van der Waals surface area (Å²) in [4.78, 5) is 13.1. The van der Waals surface area contributed by atoms with Crippen molar-refractivity contribution < 1.29 is 13.9 Å². The molecule has 0 aliphatic heterocycles. The van der Waals surface area contributed by atoms with Crippen LogP contribution in [0.5, 0.6) is 0 Å². The predicted octanol–water partition coefficient (Wildman–Crippen LogP) is 6.62. The third kappa shape index (κ3) is 7.90. The quantitative estimate of drug-likeness (QED) is 0.172. The van der Waals surface area contributed by atoms with Crippen LogP contribution in [0.25, 0.3) is 5.69 Å². The fraction of sp³-hybridized carbons (Fsp3) is 0.182. The molecule has 1 atom stereocenters. The van der Waals surface area contributed by atoms with Gasteiger partial charge in [-0.3, -0.25) is 9.36 Å². The number of ether oxygens (including phenoxy) is 1. The predicted molar refractivity (Wildman–Crippen MR) is 159 cm³/mol. The summed E-state index contributed by atoms with van der Waals surface area (Å²) in [6.07, 6.45) is 0.526. The smallest absolute Gasteiger partial charge is 0.246 e. The second kappa shape index (κ2) is 13.9. The number of hydrogen-bond donors (Lipinski definition) is 1. The fourth-order valence-electron chi connectivity index (χ4n) is 4.39. The number of halogens is 1. The lowest BCUT2D eigenvalue weighted by atomic mass is 10.0. The second-order valence-corrected chi connectivity index (χ2v) is 10.7. The Balaban J connectivity index is 1.42. The maximum Gasteiger partial charge on any atom is 0.246 e. The molecule has 0 fully saturated rings. The number of nitrogens with zero attached hydrogens (tertiary/aromatic N) is 3. The van der Waals surface area contributed by atoms with E-state index in [4.69, 9.17) is 4.74 Å². The molecule has 1 heterocycles. The molecule has 0 aliphatic carbocycles. The van der Waals surface area contributed by atoms with Gasteiger partial charge in [-0.25, -0.2) is 4.39 Å². The molecule has 5 rings (SSSR count). The molecular weight excluding hydrogens is 535 g/mol. The minimum atomic E-state index is -0.459. The summed E-state index contributed by atoms with van der Waals surface area (Å²) in [5.41, 5.74) is 5.06. The summed E-state index contributed by atoms with van der Waals surface area (Å²) in [5, 5.41) is 13.0. The summed E-state index contributed by atoms with van der Waals surface area (Å²) in [7, 11) is 0. The summed E-state index contributed by atoms with van der Waals surface area (Å²) >= 11 is 1.51. The highest BCUT2D eigenvalue weighted by Gasteiger charge is 2.25. The normalized spacial score (nSPS) is 11.8. The number of aromatic nitrogens is 3.